The molecule has 40 heavy (non-hydrogen) atoms. The van der Waals surface area contributed by atoms with Gasteiger partial charge in [0.1, 0.15) is 17.2 Å². The number of ketones is 1. The van der Waals surface area contributed by atoms with Gasteiger partial charge in [-0.15, -0.1) is 5.11 Å². The Labute approximate surface area is 232 Å². The molecule has 3 N–H and O–H groups in total. The van der Waals surface area contributed by atoms with Crippen LogP contribution in [0.25, 0.3) is 0 Å². The number of alkyl carbamates (subject to hydrolysis) is 1. The zero-order valence-electron chi connectivity index (χ0n) is 22.1. The molecule has 0 radical (unpaired) electrons. The molecule has 0 saturated carbocycles. The number of unbranched alkanes of at least 4 members (excludes halogenated alkanes) is 1. The van der Waals surface area contributed by atoms with E-state index >= 15 is 0 Å². The summed E-state index contributed by atoms with van der Waals surface area (Å²) in [4.78, 5) is 35.8. The highest BCUT2D eigenvalue weighted by Crippen LogP contribution is 2.35. The number of esters is 1. The lowest BCUT2D eigenvalue weighted by Gasteiger charge is -2.08. The average Bonchev–Trinajstić information content (AvgIpc) is 2.95. The van der Waals surface area contributed by atoms with Gasteiger partial charge in [-0.25, -0.2) is 9.59 Å². The summed E-state index contributed by atoms with van der Waals surface area (Å²) >= 11 is 0. The van der Waals surface area contributed by atoms with Crippen molar-refractivity contribution < 1.29 is 34.1 Å². The summed E-state index contributed by atoms with van der Waals surface area (Å²) in [5, 5.41) is 31.1. The van der Waals surface area contributed by atoms with Crippen molar-refractivity contribution in [3.8, 4) is 11.5 Å². The fraction of sp³-hybridized carbons (Fsp3) is 0.233. The molecule has 3 aromatic carbocycles. The van der Waals surface area contributed by atoms with E-state index in [1.165, 1.54) is 6.07 Å². The van der Waals surface area contributed by atoms with E-state index in [-0.39, 0.29) is 36.0 Å². The van der Waals surface area contributed by atoms with E-state index in [4.69, 9.17) is 9.47 Å². The van der Waals surface area contributed by atoms with Crippen LogP contribution < -0.4 is 5.32 Å². The number of carbonyl (C=O) groups excluding carboxylic acids is 3. The summed E-state index contributed by atoms with van der Waals surface area (Å²) in [5.74, 6) is -1.50. The van der Waals surface area contributed by atoms with Crippen LogP contribution in [0.15, 0.2) is 89.1 Å². The van der Waals surface area contributed by atoms with Crippen molar-refractivity contribution in [2.24, 2.45) is 10.2 Å². The summed E-state index contributed by atoms with van der Waals surface area (Å²) < 4.78 is 10.2. The number of azo groups is 1. The highest BCUT2D eigenvalue weighted by Gasteiger charge is 2.17. The number of hydrogen-bond donors (Lipinski definition) is 3. The van der Waals surface area contributed by atoms with E-state index in [9.17, 15) is 24.6 Å². The molecule has 10 heteroatoms. The number of rotatable bonds is 13. The number of phenolic OH excluding ortho intramolecular Hbond substituents is 2. The Kier molecular flexibility index (Phi) is 11.0. The molecule has 0 spiro atoms. The molecule has 0 atom stereocenters. The smallest absolute Gasteiger partial charge is 0.407 e. The van der Waals surface area contributed by atoms with E-state index in [1.54, 1.807) is 49.4 Å². The van der Waals surface area contributed by atoms with Crippen molar-refractivity contribution in [3.05, 3.63) is 95.6 Å². The van der Waals surface area contributed by atoms with Crippen LogP contribution in [0.4, 0.5) is 16.2 Å². The molecule has 1 amide bonds. The molecular formula is C30H31N3O7. The average molecular weight is 546 g/mol. The Bertz CT molecular complexity index is 1370. The predicted molar refractivity (Wildman–Crippen MR) is 148 cm³/mol. The van der Waals surface area contributed by atoms with Gasteiger partial charge in [-0.05, 0) is 43.5 Å². The van der Waals surface area contributed by atoms with Gasteiger partial charge < -0.3 is 25.0 Å². The maximum absolute atomic E-state index is 12.7. The molecule has 0 fully saturated rings. The van der Waals surface area contributed by atoms with Crippen molar-refractivity contribution in [1.82, 2.24) is 5.32 Å². The number of benzene rings is 3. The topological polar surface area (TPSA) is 147 Å². The number of ether oxygens (including phenoxy) is 2. The minimum Gasteiger partial charge on any atom is -0.507 e. The highest BCUT2D eigenvalue weighted by atomic mass is 16.5. The second kappa shape index (κ2) is 14.8. The van der Waals surface area contributed by atoms with Crippen molar-refractivity contribution in [2.45, 2.75) is 26.2 Å². The summed E-state index contributed by atoms with van der Waals surface area (Å²) in [7, 11) is 0. The van der Waals surface area contributed by atoms with Crippen molar-refractivity contribution in [1.29, 1.82) is 0 Å². The Morgan fingerprint density at radius 1 is 0.875 bits per heavy atom. The van der Waals surface area contributed by atoms with E-state index in [0.717, 1.165) is 11.6 Å². The maximum atomic E-state index is 12.7. The van der Waals surface area contributed by atoms with Gasteiger partial charge in [0.25, 0.3) is 0 Å². The predicted octanol–water partition coefficient (Wildman–Crippen LogP) is 5.91. The first kappa shape index (κ1) is 29.6. The number of amides is 1. The van der Waals surface area contributed by atoms with Crippen LogP contribution in [0.1, 0.15) is 41.3 Å². The lowest BCUT2D eigenvalue weighted by Crippen LogP contribution is -2.26. The third-order valence-corrected chi connectivity index (χ3v) is 5.63. The SMILES string of the molecule is C=C(C)C(=O)OCCCCNC(=O)OCCc1ccc(N=Nc2cc(C(=O)c3ccccc3)c(O)cc2O)cc1. The third-order valence-electron chi connectivity index (χ3n) is 5.63. The van der Waals surface area contributed by atoms with E-state index in [1.807, 2.05) is 12.1 Å². The Hall–Kier alpha value is -4.99. The molecule has 0 aliphatic carbocycles. The largest absolute Gasteiger partial charge is 0.507 e. The van der Waals surface area contributed by atoms with Crippen molar-refractivity contribution in [3.63, 3.8) is 0 Å². The molecule has 0 saturated heterocycles. The van der Waals surface area contributed by atoms with Gasteiger partial charge in [0.2, 0.25) is 0 Å². The monoisotopic (exact) mass is 545 g/mol. The van der Waals surface area contributed by atoms with Crippen LogP contribution in [-0.2, 0) is 20.7 Å². The molecule has 3 rings (SSSR count). The first-order valence-corrected chi connectivity index (χ1v) is 12.6. The number of nitrogens with zero attached hydrogens (tertiary/aromatic N) is 2. The van der Waals surface area contributed by atoms with Crippen LogP contribution in [0.5, 0.6) is 11.5 Å². The number of nitrogens with one attached hydrogen (secondary N) is 1. The molecule has 0 heterocycles. The molecular weight excluding hydrogens is 514 g/mol. The maximum Gasteiger partial charge on any atom is 0.407 e. The zero-order chi connectivity index (χ0) is 28.9. The standard InChI is InChI=1S/C30H31N3O7/c1-20(2)29(37)39-16-7-6-15-31-30(38)40-17-14-21-10-12-23(13-11-21)32-33-25-18-24(26(34)19-27(25)35)28(36)22-8-4-3-5-9-22/h3-5,8-13,18-19,34-35H,1,6-7,14-17H2,2H3,(H,31,38). The molecule has 0 unspecified atom stereocenters. The zero-order valence-corrected chi connectivity index (χ0v) is 22.1. The molecule has 3 aromatic rings. The third kappa shape index (κ3) is 9.09. The molecule has 0 aliphatic heterocycles. The van der Waals surface area contributed by atoms with Crippen LogP contribution in [0, 0.1) is 0 Å². The van der Waals surface area contributed by atoms with Gasteiger partial charge in [-0.3, -0.25) is 4.79 Å². The number of hydrogen-bond acceptors (Lipinski definition) is 9. The minimum atomic E-state index is -0.525. The van der Waals surface area contributed by atoms with Crippen LogP contribution >= 0.6 is 0 Å². The van der Waals surface area contributed by atoms with E-state index in [2.05, 4.69) is 22.1 Å². The second-order valence-corrected chi connectivity index (χ2v) is 8.86. The second-order valence-electron chi connectivity index (χ2n) is 8.86. The van der Waals surface area contributed by atoms with Gasteiger partial charge in [-0.2, -0.15) is 5.11 Å². The Morgan fingerprint density at radius 3 is 2.30 bits per heavy atom. The normalized spacial score (nSPS) is 10.7. The van der Waals surface area contributed by atoms with Gasteiger partial charge in [0.05, 0.1) is 24.5 Å². The quantitative estimate of drug-likeness (QED) is 0.0795. The van der Waals surface area contributed by atoms with Crippen LogP contribution in [0.3, 0.4) is 0 Å². The lowest BCUT2D eigenvalue weighted by molar-refractivity contribution is -0.139. The fourth-order valence-electron chi connectivity index (χ4n) is 3.43. The Morgan fingerprint density at radius 2 is 1.60 bits per heavy atom. The molecule has 0 aromatic heterocycles. The summed E-state index contributed by atoms with van der Waals surface area (Å²) in [6.07, 6.45) is 1.22. The van der Waals surface area contributed by atoms with Gasteiger partial charge in [0.15, 0.2) is 5.78 Å². The van der Waals surface area contributed by atoms with Crippen molar-refractivity contribution >= 4 is 29.2 Å². The van der Waals surface area contributed by atoms with Gasteiger partial charge in [-0.1, -0.05) is 49.0 Å². The summed E-state index contributed by atoms with van der Waals surface area (Å²) in [6.45, 7) is 5.94. The molecule has 0 aliphatic rings. The lowest BCUT2D eigenvalue weighted by atomic mass is 10.0. The van der Waals surface area contributed by atoms with Crippen LogP contribution in [-0.4, -0.2) is 47.8 Å². The van der Waals surface area contributed by atoms with Crippen molar-refractivity contribution in [2.75, 3.05) is 19.8 Å². The molecule has 208 valence electrons. The van der Waals surface area contributed by atoms with Gasteiger partial charge in [0, 0.05) is 30.2 Å². The van der Waals surface area contributed by atoms with E-state index < -0.39 is 17.8 Å². The van der Waals surface area contributed by atoms with Gasteiger partial charge >= 0.3 is 12.1 Å². The minimum absolute atomic E-state index is 0.00132. The number of carbonyl (C=O) groups is 3. The summed E-state index contributed by atoms with van der Waals surface area (Å²) in [5.41, 5.74) is 2.19. The Balaban J connectivity index is 1.44. The fourth-order valence-corrected chi connectivity index (χ4v) is 3.43. The molecule has 10 nitrogen and oxygen atoms in total. The highest BCUT2D eigenvalue weighted by molar-refractivity contribution is 6.11. The first-order chi connectivity index (χ1) is 19.2. The van der Waals surface area contributed by atoms with Crippen LogP contribution in [0.2, 0.25) is 0 Å². The number of phenols is 2. The number of aromatic hydroxyl groups is 2. The molecule has 0 bridgehead atoms. The first-order valence-electron chi connectivity index (χ1n) is 12.6. The van der Waals surface area contributed by atoms with E-state index in [0.29, 0.717) is 42.6 Å². The summed E-state index contributed by atoms with van der Waals surface area (Å²) in [6, 6.07) is 17.9.